The highest BCUT2D eigenvalue weighted by Gasteiger charge is 2.42. The zero-order chi connectivity index (χ0) is 26.6. The van der Waals surface area contributed by atoms with E-state index >= 15 is 0 Å². The summed E-state index contributed by atoms with van der Waals surface area (Å²) in [6.07, 6.45) is 4.75. The zero-order valence-corrected chi connectivity index (χ0v) is 22.0. The summed E-state index contributed by atoms with van der Waals surface area (Å²) < 4.78 is 0. The summed E-state index contributed by atoms with van der Waals surface area (Å²) in [6, 6.07) is 18.5. The summed E-state index contributed by atoms with van der Waals surface area (Å²) in [5.74, 6) is -0.0500. The van der Waals surface area contributed by atoms with Gasteiger partial charge in [0, 0.05) is 36.8 Å². The van der Waals surface area contributed by atoms with Gasteiger partial charge in [0.2, 0.25) is 11.8 Å². The molecule has 0 radical (unpaired) electrons. The summed E-state index contributed by atoms with van der Waals surface area (Å²) in [5.41, 5.74) is 8.88. The lowest BCUT2D eigenvalue weighted by atomic mass is 9.88. The molecule has 1 saturated heterocycles. The summed E-state index contributed by atoms with van der Waals surface area (Å²) in [4.78, 5) is 32.2. The van der Waals surface area contributed by atoms with Crippen molar-refractivity contribution in [3.63, 3.8) is 0 Å². The van der Waals surface area contributed by atoms with Crippen molar-refractivity contribution in [1.29, 1.82) is 0 Å². The van der Waals surface area contributed by atoms with Crippen molar-refractivity contribution in [2.45, 2.75) is 32.2 Å². The van der Waals surface area contributed by atoms with Crippen LogP contribution in [0.2, 0.25) is 5.02 Å². The molecule has 2 amide bonds. The maximum atomic E-state index is 13.3. The van der Waals surface area contributed by atoms with Crippen LogP contribution in [0.15, 0.2) is 72.9 Å². The number of para-hydroxylation sites is 2. The highest BCUT2D eigenvalue weighted by molar-refractivity contribution is 6.30. The van der Waals surface area contributed by atoms with Crippen molar-refractivity contribution in [2.24, 2.45) is 5.92 Å². The fourth-order valence-electron chi connectivity index (χ4n) is 4.44. The van der Waals surface area contributed by atoms with Gasteiger partial charge in [0.05, 0.1) is 22.3 Å². The highest BCUT2D eigenvalue weighted by atomic mass is 35.5. The highest BCUT2D eigenvalue weighted by Crippen LogP contribution is 2.37. The lowest BCUT2D eigenvalue weighted by Gasteiger charge is -2.31. The second-order valence-corrected chi connectivity index (χ2v) is 10.7. The van der Waals surface area contributed by atoms with Crippen molar-refractivity contribution in [1.82, 2.24) is 9.88 Å². The second-order valence-electron chi connectivity index (χ2n) is 10.2. The van der Waals surface area contributed by atoms with Crippen LogP contribution in [0.3, 0.4) is 0 Å². The van der Waals surface area contributed by atoms with E-state index in [-0.39, 0.29) is 29.2 Å². The lowest BCUT2D eigenvalue weighted by molar-refractivity contribution is -0.120. The van der Waals surface area contributed by atoms with E-state index in [9.17, 15) is 9.59 Å². The van der Waals surface area contributed by atoms with E-state index in [1.54, 1.807) is 30.3 Å². The van der Waals surface area contributed by atoms with Crippen LogP contribution in [-0.4, -0.2) is 40.3 Å². The molecule has 2 unspecified atom stereocenters. The van der Waals surface area contributed by atoms with E-state index in [1.807, 2.05) is 36.4 Å². The van der Waals surface area contributed by atoms with E-state index in [4.69, 9.17) is 17.3 Å². The number of pyridine rings is 1. The number of hydrogen-bond acceptors (Lipinski definition) is 5. The predicted octanol–water partition coefficient (Wildman–Crippen LogP) is 5.42. The minimum absolute atomic E-state index is 0.0221. The van der Waals surface area contributed by atoms with Gasteiger partial charge in [-0.25, -0.2) is 4.98 Å². The van der Waals surface area contributed by atoms with Crippen molar-refractivity contribution < 1.29 is 9.59 Å². The van der Waals surface area contributed by atoms with Crippen LogP contribution in [0, 0.1) is 5.92 Å². The van der Waals surface area contributed by atoms with E-state index in [1.165, 1.54) is 12.3 Å². The predicted molar refractivity (Wildman–Crippen MR) is 150 cm³/mol. The first kappa shape index (κ1) is 26.4. The Kier molecular flexibility index (Phi) is 7.95. The van der Waals surface area contributed by atoms with Crippen molar-refractivity contribution in [3.8, 4) is 0 Å². The number of halogens is 1. The lowest BCUT2D eigenvalue weighted by Crippen LogP contribution is -2.40. The Bertz CT molecular complexity index is 1280. The zero-order valence-electron chi connectivity index (χ0n) is 21.2. The fourth-order valence-corrected chi connectivity index (χ4v) is 4.55. The number of carbonyl (C=O) groups excluding carboxylic acids is 2. The Hall–Kier alpha value is -3.68. The molecule has 0 spiro atoms. The van der Waals surface area contributed by atoms with E-state index in [0.717, 1.165) is 17.7 Å². The molecule has 2 atom stereocenters. The number of amides is 2. The molecular weight excluding hydrogens is 486 g/mol. The first-order valence-corrected chi connectivity index (χ1v) is 12.6. The summed E-state index contributed by atoms with van der Waals surface area (Å²) in [7, 11) is 0. The third kappa shape index (κ3) is 6.76. The Morgan fingerprint density at radius 2 is 1.76 bits per heavy atom. The number of hydrogen-bond donors (Lipinski definition) is 3. The van der Waals surface area contributed by atoms with Gasteiger partial charge < -0.3 is 16.4 Å². The first-order valence-electron chi connectivity index (χ1n) is 12.2. The number of rotatable bonds is 6. The molecule has 2 aromatic carbocycles. The van der Waals surface area contributed by atoms with E-state index in [0.29, 0.717) is 28.8 Å². The normalized spacial score (nSPS) is 18.2. The van der Waals surface area contributed by atoms with Crippen molar-refractivity contribution in [2.75, 3.05) is 29.5 Å². The summed E-state index contributed by atoms with van der Waals surface area (Å²) in [6.45, 7) is 7.90. The number of benzene rings is 2. The Morgan fingerprint density at radius 1 is 1.03 bits per heavy atom. The van der Waals surface area contributed by atoms with Crippen LogP contribution >= 0.6 is 11.6 Å². The van der Waals surface area contributed by atoms with E-state index < -0.39 is 0 Å². The molecule has 1 aliphatic heterocycles. The van der Waals surface area contributed by atoms with Crippen LogP contribution in [0.1, 0.15) is 37.8 Å². The second kappa shape index (κ2) is 11.2. The molecule has 3 aromatic rings. The number of anilines is 3. The summed E-state index contributed by atoms with van der Waals surface area (Å²) in [5, 5.41) is 6.25. The fraction of sp³-hybridized carbons (Fsp3) is 0.276. The molecule has 0 saturated carbocycles. The van der Waals surface area contributed by atoms with Crippen molar-refractivity contribution >= 4 is 46.7 Å². The number of likely N-dealkylation sites (tertiary alicyclic amines) is 1. The molecule has 0 aliphatic carbocycles. The number of carbonyl (C=O) groups is 2. The topological polar surface area (TPSA) is 100 Å². The molecule has 8 heteroatoms. The molecule has 2 heterocycles. The number of nitrogens with one attached hydrogen (secondary N) is 2. The third-order valence-corrected chi connectivity index (χ3v) is 6.82. The van der Waals surface area contributed by atoms with Gasteiger partial charge in [0.15, 0.2) is 0 Å². The maximum Gasteiger partial charge on any atom is 0.248 e. The average molecular weight is 518 g/mol. The first-order chi connectivity index (χ1) is 17.6. The quantitative estimate of drug-likeness (QED) is 0.299. The molecule has 1 fully saturated rings. The van der Waals surface area contributed by atoms with Crippen LogP contribution in [0.25, 0.3) is 6.08 Å². The van der Waals surface area contributed by atoms with Gasteiger partial charge in [0.25, 0.3) is 0 Å². The third-order valence-electron chi connectivity index (χ3n) is 6.59. The molecule has 4 N–H and O–H groups in total. The number of nitrogens with two attached hydrogens (primary N) is 1. The molecule has 1 aliphatic rings. The van der Waals surface area contributed by atoms with Gasteiger partial charge in [-0.1, -0.05) is 48.0 Å². The molecule has 37 heavy (non-hydrogen) atoms. The number of aromatic nitrogens is 1. The molecular formula is C29H32ClN5O2. The Balaban J connectivity index is 1.47. The molecule has 7 nitrogen and oxygen atoms in total. The average Bonchev–Trinajstić information content (AvgIpc) is 3.32. The van der Waals surface area contributed by atoms with E-state index in [2.05, 4.69) is 41.3 Å². The van der Waals surface area contributed by atoms with Crippen LogP contribution in [0.5, 0.6) is 0 Å². The molecule has 4 rings (SSSR count). The molecule has 0 bridgehead atoms. The number of nitrogen functional groups attached to an aromatic ring is 1. The van der Waals surface area contributed by atoms with Gasteiger partial charge in [0.1, 0.15) is 5.82 Å². The van der Waals surface area contributed by atoms with Gasteiger partial charge >= 0.3 is 0 Å². The molecule has 1 aromatic heterocycles. The van der Waals surface area contributed by atoms with Gasteiger partial charge in [-0.2, -0.15) is 0 Å². The van der Waals surface area contributed by atoms with Crippen LogP contribution < -0.4 is 16.4 Å². The summed E-state index contributed by atoms with van der Waals surface area (Å²) >= 11 is 5.93. The van der Waals surface area contributed by atoms with Gasteiger partial charge in [-0.05, 0) is 62.2 Å². The standard InChI is InChI=1S/C29H32ClN5O2/c1-29(2,3)35-17-22(23(18-35)28(37)34-26-14-13-21(30)16-32-26)20-11-8-19(9-12-20)10-15-27(36)33-25-7-5-4-6-24(25)31/h4-16,22-23H,17-18,31H2,1-3H3,(H,33,36)(H,32,34,37). The SMILES string of the molecule is CC(C)(C)N1CC(C(=O)Nc2ccc(Cl)cn2)C(c2ccc(C=CC(=O)Nc3ccccc3N)cc2)C1. The van der Waals surface area contributed by atoms with Crippen LogP contribution in [0.4, 0.5) is 17.2 Å². The maximum absolute atomic E-state index is 13.3. The Morgan fingerprint density at radius 3 is 2.41 bits per heavy atom. The Labute approximate surface area is 222 Å². The minimum Gasteiger partial charge on any atom is -0.397 e. The van der Waals surface area contributed by atoms with Gasteiger partial charge in [-0.15, -0.1) is 0 Å². The molecule has 192 valence electrons. The minimum atomic E-state index is -0.258. The largest absolute Gasteiger partial charge is 0.397 e. The van der Waals surface area contributed by atoms with Crippen molar-refractivity contribution in [3.05, 3.63) is 89.1 Å². The van der Waals surface area contributed by atoms with Gasteiger partial charge in [-0.3, -0.25) is 14.5 Å². The monoisotopic (exact) mass is 517 g/mol. The number of nitrogens with zero attached hydrogens (tertiary/aromatic N) is 2. The van der Waals surface area contributed by atoms with Crippen LogP contribution in [-0.2, 0) is 9.59 Å². The smallest absolute Gasteiger partial charge is 0.248 e.